The molecule has 1 atom stereocenters. The number of amides is 1. The van der Waals surface area contributed by atoms with E-state index in [1.54, 1.807) is 16.9 Å². The normalized spacial score (nSPS) is 16.3. The van der Waals surface area contributed by atoms with Gasteiger partial charge in [-0.1, -0.05) is 0 Å². The van der Waals surface area contributed by atoms with Gasteiger partial charge in [0, 0.05) is 37.6 Å². The zero-order valence-corrected chi connectivity index (χ0v) is 16.5. The van der Waals surface area contributed by atoms with E-state index in [4.69, 9.17) is 0 Å². The van der Waals surface area contributed by atoms with Crippen LogP contribution in [0.25, 0.3) is 11.6 Å². The number of nitrogens with one attached hydrogen (secondary N) is 1. The number of aromatic nitrogens is 9. The zero-order valence-electron chi connectivity index (χ0n) is 16.5. The van der Waals surface area contributed by atoms with Crippen LogP contribution in [0.1, 0.15) is 12.8 Å². The summed E-state index contributed by atoms with van der Waals surface area (Å²) >= 11 is 0. The molecule has 4 aromatic heterocycles. The van der Waals surface area contributed by atoms with Crippen LogP contribution in [0.15, 0.2) is 55.9 Å². The van der Waals surface area contributed by atoms with E-state index in [0.29, 0.717) is 24.0 Å². The Kier molecular flexibility index (Phi) is 5.01. The lowest BCUT2D eigenvalue weighted by atomic mass is 9.97. The number of rotatable bonds is 5. The van der Waals surface area contributed by atoms with Crippen LogP contribution in [0.4, 0.5) is 11.6 Å². The van der Waals surface area contributed by atoms with E-state index in [1.807, 2.05) is 18.3 Å². The highest BCUT2D eigenvalue weighted by Crippen LogP contribution is 2.23. The van der Waals surface area contributed by atoms with Crippen molar-refractivity contribution in [2.45, 2.75) is 12.8 Å². The van der Waals surface area contributed by atoms with Gasteiger partial charge in [0.25, 0.3) is 0 Å². The van der Waals surface area contributed by atoms with E-state index in [0.717, 1.165) is 25.2 Å². The number of anilines is 2. The largest absolute Gasteiger partial charge is 0.356 e. The Labute approximate surface area is 177 Å². The fourth-order valence-corrected chi connectivity index (χ4v) is 3.53. The fraction of sp³-hybridized carbons (Fsp3) is 0.263. The van der Waals surface area contributed by atoms with Gasteiger partial charge in [0.15, 0.2) is 11.6 Å². The summed E-state index contributed by atoms with van der Waals surface area (Å²) in [6.45, 7) is 1.38. The molecule has 5 rings (SSSR count). The van der Waals surface area contributed by atoms with Gasteiger partial charge in [0.05, 0.1) is 5.92 Å². The first kappa shape index (κ1) is 18.8. The summed E-state index contributed by atoms with van der Waals surface area (Å²) in [4.78, 5) is 35.9. The van der Waals surface area contributed by atoms with Crippen molar-refractivity contribution < 1.29 is 4.79 Å². The molecule has 12 heteroatoms. The lowest BCUT2D eigenvalue weighted by molar-refractivity contribution is -0.120. The van der Waals surface area contributed by atoms with Crippen molar-refractivity contribution in [2.75, 3.05) is 23.3 Å². The summed E-state index contributed by atoms with van der Waals surface area (Å²) in [6.07, 6.45) is 11.1. The fourth-order valence-electron chi connectivity index (χ4n) is 3.53. The molecule has 0 spiro atoms. The first-order chi connectivity index (χ1) is 15.3. The highest BCUT2D eigenvalue weighted by molar-refractivity contribution is 5.92. The van der Waals surface area contributed by atoms with Gasteiger partial charge in [-0.2, -0.15) is 10.2 Å². The molecule has 1 aliphatic heterocycles. The molecule has 0 aliphatic carbocycles. The molecule has 156 valence electrons. The van der Waals surface area contributed by atoms with Gasteiger partial charge in [0.1, 0.15) is 36.9 Å². The van der Waals surface area contributed by atoms with Gasteiger partial charge in [-0.3, -0.25) is 4.79 Å². The lowest BCUT2D eigenvalue weighted by Crippen LogP contribution is -2.41. The number of nitrogens with zero attached hydrogens (tertiary/aromatic N) is 10. The summed E-state index contributed by atoms with van der Waals surface area (Å²) in [5, 5.41) is 11.1. The smallest absolute Gasteiger partial charge is 0.230 e. The van der Waals surface area contributed by atoms with E-state index in [-0.39, 0.29) is 11.8 Å². The van der Waals surface area contributed by atoms with E-state index >= 15 is 0 Å². The molecule has 1 saturated heterocycles. The second-order valence-corrected chi connectivity index (χ2v) is 7.06. The summed E-state index contributed by atoms with van der Waals surface area (Å²) in [6, 6.07) is 5.38. The third-order valence-electron chi connectivity index (χ3n) is 5.05. The van der Waals surface area contributed by atoms with E-state index in [2.05, 4.69) is 45.3 Å². The minimum atomic E-state index is -0.193. The molecule has 1 unspecified atom stereocenters. The van der Waals surface area contributed by atoms with Crippen LogP contribution in [-0.2, 0) is 4.79 Å². The number of hydrogen-bond acceptors (Lipinski definition) is 9. The molecule has 0 saturated carbocycles. The molecule has 4 aromatic rings. The summed E-state index contributed by atoms with van der Waals surface area (Å²) in [7, 11) is 0. The third-order valence-corrected chi connectivity index (χ3v) is 5.05. The van der Waals surface area contributed by atoms with Crippen LogP contribution < -0.4 is 10.2 Å². The molecule has 1 aliphatic rings. The number of carbonyl (C=O) groups is 1. The molecule has 1 N–H and O–H groups in total. The van der Waals surface area contributed by atoms with Gasteiger partial charge in [-0.05, 0) is 18.9 Å². The molecular formula is C19H19N11O. The molecule has 5 heterocycles. The van der Waals surface area contributed by atoms with Crippen LogP contribution in [-0.4, -0.2) is 63.5 Å². The molecule has 0 radical (unpaired) electrons. The van der Waals surface area contributed by atoms with Crippen molar-refractivity contribution in [3.05, 3.63) is 55.9 Å². The third kappa shape index (κ3) is 4.08. The SMILES string of the molecule is O=C(Nc1cc(-n2cncn2)ncn1)C1CCCN(c2cc(-n3cccn3)ncn2)C1. The molecule has 0 bridgehead atoms. The van der Waals surface area contributed by atoms with Gasteiger partial charge in [-0.25, -0.2) is 34.3 Å². The first-order valence-corrected chi connectivity index (χ1v) is 9.81. The predicted molar refractivity (Wildman–Crippen MR) is 110 cm³/mol. The zero-order chi connectivity index (χ0) is 21.0. The number of hydrogen-bond donors (Lipinski definition) is 1. The monoisotopic (exact) mass is 417 g/mol. The van der Waals surface area contributed by atoms with E-state index in [1.165, 1.54) is 30.0 Å². The van der Waals surface area contributed by atoms with Gasteiger partial charge >= 0.3 is 0 Å². The van der Waals surface area contributed by atoms with Crippen LogP contribution in [0.2, 0.25) is 0 Å². The maximum Gasteiger partial charge on any atom is 0.230 e. The molecule has 12 nitrogen and oxygen atoms in total. The highest BCUT2D eigenvalue weighted by atomic mass is 16.2. The van der Waals surface area contributed by atoms with E-state index < -0.39 is 0 Å². The van der Waals surface area contributed by atoms with Crippen LogP contribution in [0.5, 0.6) is 0 Å². The second-order valence-electron chi connectivity index (χ2n) is 7.06. The highest BCUT2D eigenvalue weighted by Gasteiger charge is 2.27. The van der Waals surface area contributed by atoms with Crippen molar-refractivity contribution in [3.63, 3.8) is 0 Å². The Bertz CT molecular complexity index is 1160. The Hall–Kier alpha value is -4.22. The minimum absolute atomic E-state index is 0.0886. The average Bonchev–Trinajstić information content (AvgIpc) is 3.54. The lowest BCUT2D eigenvalue weighted by Gasteiger charge is -2.32. The average molecular weight is 417 g/mol. The Morgan fingerprint density at radius 2 is 1.81 bits per heavy atom. The Morgan fingerprint density at radius 3 is 2.61 bits per heavy atom. The van der Waals surface area contributed by atoms with Crippen LogP contribution >= 0.6 is 0 Å². The van der Waals surface area contributed by atoms with Crippen molar-refractivity contribution in [1.82, 2.24) is 44.5 Å². The van der Waals surface area contributed by atoms with Gasteiger partial charge < -0.3 is 10.2 Å². The maximum atomic E-state index is 12.9. The van der Waals surface area contributed by atoms with Crippen molar-refractivity contribution in [2.24, 2.45) is 5.92 Å². The molecule has 1 fully saturated rings. The summed E-state index contributed by atoms with van der Waals surface area (Å²) < 4.78 is 3.19. The topological polar surface area (TPSA) is 132 Å². The first-order valence-electron chi connectivity index (χ1n) is 9.81. The van der Waals surface area contributed by atoms with Gasteiger partial charge in [-0.15, -0.1) is 0 Å². The minimum Gasteiger partial charge on any atom is -0.356 e. The predicted octanol–water partition coefficient (Wildman–Crippen LogP) is 0.888. The standard InChI is InChI=1S/C19H19N11O/c31-19(27-15-7-17(23-11-21-15)30-13-20-10-26-30)14-3-1-5-28(9-14)16-8-18(24-12-22-16)29-6-2-4-25-29/h2,4,6-8,10-14H,1,3,5,9H2,(H,21,23,27,31). The van der Waals surface area contributed by atoms with E-state index in [9.17, 15) is 4.79 Å². The van der Waals surface area contributed by atoms with Crippen molar-refractivity contribution in [1.29, 1.82) is 0 Å². The maximum absolute atomic E-state index is 12.9. The molecule has 31 heavy (non-hydrogen) atoms. The summed E-state index contributed by atoms with van der Waals surface area (Å²) in [5.41, 5.74) is 0. The quantitative estimate of drug-likeness (QED) is 0.502. The second kappa shape index (κ2) is 8.26. The van der Waals surface area contributed by atoms with Crippen molar-refractivity contribution >= 4 is 17.5 Å². The van der Waals surface area contributed by atoms with Crippen LogP contribution in [0.3, 0.4) is 0 Å². The molecule has 0 aromatic carbocycles. The molecule has 1 amide bonds. The van der Waals surface area contributed by atoms with Crippen LogP contribution in [0, 0.1) is 5.92 Å². The van der Waals surface area contributed by atoms with Gasteiger partial charge in [0.2, 0.25) is 5.91 Å². The Morgan fingerprint density at radius 1 is 0.968 bits per heavy atom. The number of piperidine rings is 1. The summed E-state index contributed by atoms with van der Waals surface area (Å²) in [5.74, 6) is 2.12. The number of carbonyl (C=O) groups excluding carboxylic acids is 1. The Balaban J connectivity index is 1.28. The molecular weight excluding hydrogens is 398 g/mol. The van der Waals surface area contributed by atoms with Crippen molar-refractivity contribution in [3.8, 4) is 11.6 Å².